The van der Waals surface area contributed by atoms with E-state index in [4.69, 9.17) is 10.00 Å². The first kappa shape index (κ1) is 15.4. The highest BCUT2D eigenvalue weighted by atomic mass is 16.5. The average molecular weight is 314 g/mol. The van der Waals surface area contributed by atoms with Gasteiger partial charge in [0, 0.05) is 23.2 Å². The van der Waals surface area contributed by atoms with Crippen molar-refractivity contribution in [2.24, 2.45) is 0 Å². The van der Waals surface area contributed by atoms with Gasteiger partial charge in [0.05, 0.1) is 17.1 Å². The Morgan fingerprint density at radius 2 is 1.92 bits per heavy atom. The van der Waals surface area contributed by atoms with E-state index in [0.29, 0.717) is 5.56 Å². The van der Waals surface area contributed by atoms with Crippen LogP contribution in [-0.4, -0.2) is 11.0 Å². The molecule has 4 nitrogen and oxygen atoms in total. The first-order valence-corrected chi connectivity index (χ1v) is 7.44. The van der Waals surface area contributed by atoms with Crippen LogP contribution in [-0.2, 0) is 16.1 Å². The van der Waals surface area contributed by atoms with E-state index in [1.807, 2.05) is 36.4 Å². The molecule has 0 spiro atoms. The van der Waals surface area contributed by atoms with Gasteiger partial charge in [0.15, 0.2) is 0 Å². The Morgan fingerprint density at radius 1 is 1.12 bits per heavy atom. The maximum Gasteiger partial charge on any atom is 0.331 e. The Bertz CT molecular complexity index is 933. The zero-order valence-corrected chi connectivity index (χ0v) is 12.8. The zero-order chi connectivity index (χ0) is 16.8. The average Bonchev–Trinajstić information content (AvgIpc) is 2.65. The number of nitrogens with zero attached hydrogens (tertiary/aromatic N) is 2. The minimum absolute atomic E-state index is 0.169. The number of nitriles is 1. The molecule has 116 valence electrons. The lowest BCUT2D eigenvalue weighted by Gasteiger charge is -2.03. The topological polar surface area (TPSA) is 63.0 Å². The molecule has 1 aromatic heterocycles. The van der Waals surface area contributed by atoms with Crippen LogP contribution in [0.5, 0.6) is 0 Å². The minimum atomic E-state index is -0.424. The van der Waals surface area contributed by atoms with E-state index in [-0.39, 0.29) is 6.61 Å². The SMILES string of the molecule is N#Cc1ccc(COC(=O)/C=C/c2cccc3cccnc23)cc1. The van der Waals surface area contributed by atoms with Crippen molar-refractivity contribution in [2.75, 3.05) is 0 Å². The van der Waals surface area contributed by atoms with E-state index in [2.05, 4.69) is 4.98 Å². The number of rotatable bonds is 4. The maximum absolute atomic E-state index is 11.9. The maximum atomic E-state index is 11.9. The molecule has 0 N–H and O–H groups in total. The third-order valence-corrected chi connectivity index (χ3v) is 3.53. The minimum Gasteiger partial charge on any atom is -0.458 e. The van der Waals surface area contributed by atoms with Crippen molar-refractivity contribution in [2.45, 2.75) is 6.61 Å². The van der Waals surface area contributed by atoms with Crippen LogP contribution in [0.2, 0.25) is 0 Å². The Morgan fingerprint density at radius 3 is 2.71 bits per heavy atom. The standard InChI is InChI=1S/C20H14N2O2/c21-13-15-6-8-16(9-7-15)14-24-19(23)11-10-18-4-1-3-17-5-2-12-22-20(17)18/h1-12H,14H2/b11-10+. The van der Waals surface area contributed by atoms with Gasteiger partial charge in [0.25, 0.3) is 0 Å². The number of hydrogen-bond donors (Lipinski definition) is 0. The smallest absolute Gasteiger partial charge is 0.331 e. The van der Waals surface area contributed by atoms with Crippen molar-refractivity contribution in [3.63, 3.8) is 0 Å². The second-order valence-electron chi connectivity index (χ2n) is 5.17. The molecule has 0 aliphatic heterocycles. The molecule has 0 atom stereocenters. The van der Waals surface area contributed by atoms with Gasteiger partial charge in [-0.05, 0) is 29.8 Å². The van der Waals surface area contributed by atoms with Crippen LogP contribution < -0.4 is 0 Å². The van der Waals surface area contributed by atoms with Crippen LogP contribution in [0, 0.1) is 11.3 Å². The van der Waals surface area contributed by atoms with Crippen LogP contribution in [0.25, 0.3) is 17.0 Å². The highest BCUT2D eigenvalue weighted by molar-refractivity contribution is 5.92. The van der Waals surface area contributed by atoms with Gasteiger partial charge >= 0.3 is 5.97 Å². The summed E-state index contributed by atoms with van der Waals surface area (Å²) in [4.78, 5) is 16.2. The lowest BCUT2D eigenvalue weighted by molar-refractivity contribution is -0.138. The van der Waals surface area contributed by atoms with Gasteiger partial charge in [0.1, 0.15) is 6.61 Å². The third-order valence-electron chi connectivity index (χ3n) is 3.53. The molecule has 24 heavy (non-hydrogen) atoms. The van der Waals surface area contributed by atoms with E-state index in [1.165, 1.54) is 6.08 Å². The normalized spacial score (nSPS) is 10.6. The van der Waals surface area contributed by atoms with Gasteiger partial charge in [-0.3, -0.25) is 4.98 Å². The molecular weight excluding hydrogens is 300 g/mol. The van der Waals surface area contributed by atoms with Gasteiger partial charge in [-0.15, -0.1) is 0 Å². The zero-order valence-electron chi connectivity index (χ0n) is 12.8. The van der Waals surface area contributed by atoms with Gasteiger partial charge in [-0.1, -0.05) is 36.4 Å². The molecule has 3 rings (SSSR count). The highest BCUT2D eigenvalue weighted by Gasteiger charge is 2.02. The van der Waals surface area contributed by atoms with Crippen molar-refractivity contribution < 1.29 is 9.53 Å². The quantitative estimate of drug-likeness (QED) is 0.542. The Labute approximate surface area is 139 Å². The summed E-state index contributed by atoms with van der Waals surface area (Å²) in [5.41, 5.74) is 3.12. The highest BCUT2D eigenvalue weighted by Crippen LogP contribution is 2.17. The largest absolute Gasteiger partial charge is 0.458 e. The predicted molar refractivity (Wildman–Crippen MR) is 91.7 cm³/mol. The molecule has 0 unspecified atom stereocenters. The number of esters is 1. The number of para-hydroxylation sites is 1. The molecule has 0 radical (unpaired) electrons. The number of fused-ring (bicyclic) bond motifs is 1. The summed E-state index contributed by atoms with van der Waals surface area (Å²) in [6.07, 6.45) is 4.83. The number of hydrogen-bond acceptors (Lipinski definition) is 4. The Kier molecular flexibility index (Phi) is 4.64. The van der Waals surface area contributed by atoms with E-state index < -0.39 is 5.97 Å². The Hall–Kier alpha value is -3.45. The number of pyridine rings is 1. The molecule has 0 aliphatic carbocycles. The summed E-state index contributed by atoms with van der Waals surface area (Å²) < 4.78 is 5.21. The number of aromatic nitrogens is 1. The van der Waals surface area contributed by atoms with Crippen LogP contribution in [0.15, 0.2) is 66.9 Å². The second kappa shape index (κ2) is 7.21. The van der Waals surface area contributed by atoms with Crippen molar-refractivity contribution >= 4 is 22.9 Å². The van der Waals surface area contributed by atoms with Gasteiger partial charge in [-0.25, -0.2) is 4.79 Å². The number of benzene rings is 2. The molecule has 4 heteroatoms. The van der Waals surface area contributed by atoms with Crippen LogP contribution in [0.4, 0.5) is 0 Å². The number of carbonyl (C=O) groups excluding carboxylic acids is 1. The van der Waals surface area contributed by atoms with Crippen LogP contribution >= 0.6 is 0 Å². The van der Waals surface area contributed by atoms with E-state index in [1.54, 1.807) is 36.5 Å². The van der Waals surface area contributed by atoms with Gasteiger partial charge in [0.2, 0.25) is 0 Å². The van der Waals surface area contributed by atoms with Crippen LogP contribution in [0.3, 0.4) is 0 Å². The Balaban J connectivity index is 1.65. The second-order valence-corrected chi connectivity index (χ2v) is 5.17. The lowest BCUT2D eigenvalue weighted by Crippen LogP contribution is -2.00. The fourth-order valence-electron chi connectivity index (χ4n) is 2.30. The van der Waals surface area contributed by atoms with Gasteiger partial charge < -0.3 is 4.74 Å². The first-order valence-electron chi connectivity index (χ1n) is 7.44. The molecule has 3 aromatic rings. The van der Waals surface area contributed by atoms with Crippen molar-refractivity contribution in [3.05, 3.63) is 83.6 Å². The van der Waals surface area contributed by atoms with Crippen molar-refractivity contribution in [3.8, 4) is 6.07 Å². The first-order chi connectivity index (χ1) is 11.8. The van der Waals surface area contributed by atoms with Crippen molar-refractivity contribution in [1.29, 1.82) is 5.26 Å². The molecular formula is C20H14N2O2. The molecule has 0 aliphatic rings. The predicted octanol–water partition coefficient (Wildman–Crippen LogP) is 3.86. The van der Waals surface area contributed by atoms with E-state index in [0.717, 1.165) is 22.0 Å². The monoisotopic (exact) mass is 314 g/mol. The molecule has 1 heterocycles. The summed E-state index contributed by atoms with van der Waals surface area (Å²) in [6.45, 7) is 0.169. The molecule has 0 amide bonds. The van der Waals surface area contributed by atoms with E-state index >= 15 is 0 Å². The third kappa shape index (κ3) is 3.65. The summed E-state index contributed by atoms with van der Waals surface area (Å²) in [5, 5.41) is 9.77. The van der Waals surface area contributed by atoms with E-state index in [9.17, 15) is 4.79 Å². The number of ether oxygens (including phenoxy) is 1. The number of carbonyl (C=O) groups is 1. The van der Waals surface area contributed by atoms with Crippen molar-refractivity contribution in [1.82, 2.24) is 4.98 Å². The summed E-state index contributed by atoms with van der Waals surface area (Å²) in [6, 6.07) is 18.6. The summed E-state index contributed by atoms with van der Waals surface area (Å²) in [5.74, 6) is -0.424. The molecule has 0 saturated heterocycles. The summed E-state index contributed by atoms with van der Waals surface area (Å²) >= 11 is 0. The summed E-state index contributed by atoms with van der Waals surface area (Å²) in [7, 11) is 0. The lowest BCUT2D eigenvalue weighted by atomic mass is 10.1. The fraction of sp³-hybridized carbons (Fsp3) is 0.0500. The van der Waals surface area contributed by atoms with Gasteiger partial charge in [-0.2, -0.15) is 5.26 Å². The van der Waals surface area contributed by atoms with Crippen LogP contribution in [0.1, 0.15) is 16.7 Å². The molecule has 2 aromatic carbocycles. The fourth-order valence-corrected chi connectivity index (χ4v) is 2.30. The molecule has 0 fully saturated rings. The molecule has 0 saturated carbocycles. The molecule has 0 bridgehead atoms.